The number of aromatic nitrogens is 4. The minimum absolute atomic E-state index is 0.245. The second kappa shape index (κ2) is 6.11. The Morgan fingerprint density at radius 2 is 2.08 bits per heavy atom. The van der Waals surface area contributed by atoms with Gasteiger partial charge in [-0.2, -0.15) is 14.8 Å². The smallest absolute Gasteiger partial charge is 0.251 e. The average molecular weight is 367 g/mol. The Bertz CT molecular complexity index is 911. The molecule has 1 N–H and O–H groups in total. The molecule has 3 aromatic rings. The molecule has 0 spiro atoms. The van der Waals surface area contributed by atoms with E-state index >= 15 is 0 Å². The van der Waals surface area contributed by atoms with Crippen LogP contribution in [0.2, 0.25) is 0 Å². The first-order valence-electron chi connectivity index (χ1n) is 7.14. The molecule has 0 aliphatic carbocycles. The molecule has 3 heterocycles. The van der Waals surface area contributed by atoms with E-state index < -0.39 is 16.1 Å². The lowest BCUT2D eigenvalue weighted by molar-refractivity contribution is 0.384. The van der Waals surface area contributed by atoms with Crippen molar-refractivity contribution in [3.63, 3.8) is 0 Å². The monoisotopic (exact) mass is 367 g/mol. The third kappa shape index (κ3) is 3.25. The molecule has 0 saturated heterocycles. The molecule has 0 aliphatic heterocycles. The van der Waals surface area contributed by atoms with Crippen LogP contribution in [-0.4, -0.2) is 28.3 Å². The van der Waals surface area contributed by atoms with Gasteiger partial charge in [-0.05, 0) is 25.5 Å². The maximum Gasteiger partial charge on any atom is 0.251 e. The van der Waals surface area contributed by atoms with Crippen LogP contribution in [0, 0.1) is 20.8 Å². The standard InChI is InChI=1S/C14H17N5O3S2/c1-8-5-12(23-9(8)2)24(20,21)18-13(11-6-15-19(4)7-11)14-16-10(3)22-17-14/h5-7,13,18H,1-4H3. The Morgan fingerprint density at radius 1 is 1.33 bits per heavy atom. The predicted molar refractivity (Wildman–Crippen MR) is 88.2 cm³/mol. The molecule has 1 unspecified atom stereocenters. The molecule has 8 nitrogen and oxygen atoms in total. The summed E-state index contributed by atoms with van der Waals surface area (Å²) < 4.78 is 35.0. The van der Waals surface area contributed by atoms with Crippen LogP contribution < -0.4 is 4.72 Å². The summed E-state index contributed by atoms with van der Waals surface area (Å²) >= 11 is 1.23. The van der Waals surface area contributed by atoms with Crippen molar-refractivity contribution < 1.29 is 12.9 Å². The number of thiophene rings is 1. The molecule has 0 saturated carbocycles. The van der Waals surface area contributed by atoms with Gasteiger partial charge >= 0.3 is 0 Å². The third-order valence-corrected chi connectivity index (χ3v) is 6.59. The fourth-order valence-corrected chi connectivity index (χ4v) is 4.89. The van der Waals surface area contributed by atoms with Crippen LogP contribution in [0.1, 0.15) is 33.8 Å². The van der Waals surface area contributed by atoms with Gasteiger partial charge in [-0.15, -0.1) is 11.3 Å². The van der Waals surface area contributed by atoms with E-state index in [-0.39, 0.29) is 10.0 Å². The van der Waals surface area contributed by atoms with Crippen molar-refractivity contribution in [3.05, 3.63) is 46.2 Å². The zero-order chi connectivity index (χ0) is 17.5. The van der Waals surface area contributed by atoms with E-state index in [1.54, 1.807) is 37.1 Å². The minimum atomic E-state index is -3.73. The van der Waals surface area contributed by atoms with Crippen LogP contribution in [0.4, 0.5) is 0 Å². The molecule has 10 heteroatoms. The number of hydrogen-bond donors (Lipinski definition) is 1. The number of nitrogens with zero attached hydrogens (tertiary/aromatic N) is 4. The van der Waals surface area contributed by atoms with Gasteiger partial charge in [0.15, 0.2) is 5.82 Å². The highest BCUT2D eigenvalue weighted by atomic mass is 32.2. The quantitative estimate of drug-likeness (QED) is 0.738. The number of hydrogen-bond acceptors (Lipinski definition) is 7. The fraction of sp³-hybridized carbons (Fsp3) is 0.357. The van der Waals surface area contributed by atoms with Crippen molar-refractivity contribution in [2.75, 3.05) is 0 Å². The van der Waals surface area contributed by atoms with Crippen LogP contribution in [0.15, 0.2) is 27.2 Å². The molecule has 0 fully saturated rings. The largest absolute Gasteiger partial charge is 0.340 e. The van der Waals surface area contributed by atoms with Crippen LogP contribution in [0.5, 0.6) is 0 Å². The zero-order valence-electron chi connectivity index (χ0n) is 13.6. The van der Waals surface area contributed by atoms with Gasteiger partial charge in [-0.3, -0.25) is 4.68 Å². The molecule has 3 rings (SSSR count). The molecule has 0 amide bonds. The SMILES string of the molecule is Cc1nc(C(NS(=O)(=O)c2cc(C)c(C)s2)c2cnn(C)c2)no1. The van der Waals surface area contributed by atoms with Gasteiger partial charge in [0.05, 0.1) is 6.20 Å². The van der Waals surface area contributed by atoms with Crippen molar-refractivity contribution in [2.24, 2.45) is 7.05 Å². The summed E-state index contributed by atoms with van der Waals surface area (Å²) in [6.07, 6.45) is 3.29. The van der Waals surface area contributed by atoms with Crippen molar-refractivity contribution in [1.29, 1.82) is 0 Å². The molecule has 128 valence electrons. The Labute approximate surface area is 143 Å². The predicted octanol–water partition coefficient (Wildman–Crippen LogP) is 1.86. The van der Waals surface area contributed by atoms with Gasteiger partial charge in [0.2, 0.25) is 5.89 Å². The summed E-state index contributed by atoms with van der Waals surface area (Å²) in [7, 11) is -1.98. The van der Waals surface area contributed by atoms with Gasteiger partial charge in [0.1, 0.15) is 10.3 Å². The van der Waals surface area contributed by atoms with Crippen LogP contribution >= 0.6 is 11.3 Å². The van der Waals surface area contributed by atoms with Gasteiger partial charge in [0, 0.05) is 30.6 Å². The Balaban J connectivity index is 2.00. The number of rotatable bonds is 5. The first kappa shape index (κ1) is 16.8. The van der Waals surface area contributed by atoms with Gasteiger partial charge in [0.25, 0.3) is 10.0 Å². The lowest BCUT2D eigenvalue weighted by Crippen LogP contribution is -2.29. The van der Waals surface area contributed by atoms with Crippen LogP contribution in [-0.2, 0) is 17.1 Å². The number of nitrogens with one attached hydrogen (secondary N) is 1. The first-order chi connectivity index (χ1) is 11.3. The number of sulfonamides is 1. The molecule has 1 atom stereocenters. The summed E-state index contributed by atoms with van der Waals surface area (Å²) in [6, 6.07) is 0.883. The van der Waals surface area contributed by atoms with Crippen LogP contribution in [0.25, 0.3) is 0 Å². The summed E-state index contributed by atoms with van der Waals surface area (Å²) in [5.41, 5.74) is 1.57. The lowest BCUT2D eigenvalue weighted by atomic mass is 10.2. The normalized spacial score (nSPS) is 13.3. The van der Waals surface area contributed by atoms with E-state index in [1.807, 2.05) is 13.8 Å². The van der Waals surface area contributed by atoms with Crippen molar-refractivity contribution in [1.82, 2.24) is 24.6 Å². The molecule has 0 radical (unpaired) electrons. The highest BCUT2D eigenvalue weighted by molar-refractivity contribution is 7.91. The zero-order valence-corrected chi connectivity index (χ0v) is 15.3. The fourth-order valence-electron chi connectivity index (χ4n) is 2.18. The highest BCUT2D eigenvalue weighted by Gasteiger charge is 2.28. The maximum atomic E-state index is 12.8. The van der Waals surface area contributed by atoms with E-state index in [2.05, 4.69) is 20.0 Å². The Morgan fingerprint density at radius 3 is 2.58 bits per heavy atom. The summed E-state index contributed by atoms with van der Waals surface area (Å²) in [4.78, 5) is 5.12. The van der Waals surface area contributed by atoms with E-state index in [0.717, 1.165) is 10.4 Å². The average Bonchev–Trinajstić information content (AvgIpc) is 3.19. The first-order valence-corrected chi connectivity index (χ1v) is 9.44. The lowest BCUT2D eigenvalue weighted by Gasteiger charge is -2.13. The van der Waals surface area contributed by atoms with E-state index in [1.165, 1.54) is 11.3 Å². The second-order valence-electron chi connectivity index (χ2n) is 5.48. The van der Waals surface area contributed by atoms with Gasteiger partial charge < -0.3 is 4.52 Å². The minimum Gasteiger partial charge on any atom is -0.340 e. The third-order valence-electron chi connectivity index (χ3n) is 3.54. The maximum absolute atomic E-state index is 12.8. The second-order valence-corrected chi connectivity index (χ2v) is 8.68. The molecule has 24 heavy (non-hydrogen) atoms. The Kier molecular flexibility index (Phi) is 4.28. The van der Waals surface area contributed by atoms with Gasteiger partial charge in [-0.25, -0.2) is 8.42 Å². The van der Waals surface area contributed by atoms with E-state index in [4.69, 9.17) is 4.52 Å². The molecular formula is C14H17N5O3S2. The van der Waals surface area contributed by atoms with E-state index in [9.17, 15) is 8.42 Å². The summed E-state index contributed by atoms with van der Waals surface area (Å²) in [5, 5.41) is 7.94. The summed E-state index contributed by atoms with van der Waals surface area (Å²) in [6.45, 7) is 5.42. The topological polar surface area (TPSA) is 103 Å². The van der Waals surface area contributed by atoms with Crippen LogP contribution in [0.3, 0.4) is 0 Å². The molecule has 0 aromatic carbocycles. The summed E-state index contributed by atoms with van der Waals surface area (Å²) in [5.74, 6) is 0.606. The van der Waals surface area contributed by atoms with Gasteiger partial charge in [-0.1, -0.05) is 5.16 Å². The molecule has 0 aliphatic rings. The molecule has 0 bridgehead atoms. The number of aryl methyl sites for hydroxylation is 4. The highest BCUT2D eigenvalue weighted by Crippen LogP contribution is 2.28. The van der Waals surface area contributed by atoms with Crippen molar-refractivity contribution >= 4 is 21.4 Å². The van der Waals surface area contributed by atoms with Crippen molar-refractivity contribution in [2.45, 2.75) is 31.0 Å². The molecule has 3 aromatic heterocycles. The van der Waals surface area contributed by atoms with E-state index in [0.29, 0.717) is 11.5 Å². The van der Waals surface area contributed by atoms with Crippen molar-refractivity contribution in [3.8, 4) is 0 Å². The Hall–Kier alpha value is -2.04. The molecular weight excluding hydrogens is 350 g/mol.